The van der Waals surface area contributed by atoms with Crippen LogP contribution >= 0.6 is 0 Å². The maximum atomic E-state index is 12.9. The Morgan fingerprint density at radius 2 is 0.952 bits per heavy atom. The van der Waals surface area contributed by atoms with Crippen LogP contribution in [0.25, 0.3) is 0 Å². The fourth-order valence-electron chi connectivity index (χ4n) is 7.28. The fraction of sp³-hybridized carbons (Fsp3) is 0.844. The molecule has 0 radical (unpaired) electrons. The summed E-state index contributed by atoms with van der Waals surface area (Å²) in [7, 11) is 0. The van der Waals surface area contributed by atoms with Gasteiger partial charge in [-0.25, -0.2) is 4.79 Å². The topological polar surface area (TPSA) is 271 Å². The zero-order chi connectivity index (χ0) is 46.2. The van der Waals surface area contributed by atoms with Crippen LogP contribution in [0.4, 0.5) is 0 Å². The van der Waals surface area contributed by atoms with Crippen molar-refractivity contribution in [2.24, 2.45) is 17.6 Å². The molecule has 63 heavy (non-hydrogen) atoms. The number of nitrogens with two attached hydrogens (primary N) is 1. The number of aliphatic carboxylic acids is 2. The van der Waals surface area contributed by atoms with Crippen molar-refractivity contribution in [2.75, 3.05) is 72.5 Å². The van der Waals surface area contributed by atoms with Crippen molar-refractivity contribution in [3.8, 4) is 0 Å². The predicted molar refractivity (Wildman–Crippen MR) is 236 cm³/mol. The van der Waals surface area contributed by atoms with Gasteiger partial charge >= 0.3 is 11.9 Å². The Bertz CT molecular complexity index is 1270. The summed E-state index contributed by atoms with van der Waals surface area (Å²) in [4.78, 5) is 82.4. The fourth-order valence-corrected chi connectivity index (χ4v) is 7.28. The first-order valence-electron chi connectivity index (χ1n) is 23.6. The van der Waals surface area contributed by atoms with E-state index in [1.54, 1.807) is 0 Å². The Morgan fingerprint density at radius 3 is 1.44 bits per heavy atom. The normalized spacial score (nSPS) is 15.3. The molecule has 1 rings (SSSR count). The molecule has 5 amide bonds. The van der Waals surface area contributed by atoms with Gasteiger partial charge in [0.05, 0.1) is 39.6 Å². The van der Waals surface area contributed by atoms with E-state index in [1.807, 2.05) is 0 Å². The van der Waals surface area contributed by atoms with Gasteiger partial charge in [0.1, 0.15) is 19.3 Å². The van der Waals surface area contributed by atoms with Gasteiger partial charge in [-0.1, -0.05) is 89.9 Å². The SMILES string of the molecule is NC(=O)COCCOCCNC(=O)COCCOCCNC(=O)CC[C@H](NC(=O)[C@H]1CC[C@H](CNC(=O)CCCCCCCCCCCCCCCCCCC(=O)O)CC1)C(=O)O. The highest BCUT2D eigenvalue weighted by Gasteiger charge is 2.29. The molecule has 0 heterocycles. The smallest absolute Gasteiger partial charge is 0.326 e. The second-order valence-corrected chi connectivity index (χ2v) is 16.5. The third-order valence-electron chi connectivity index (χ3n) is 11.0. The summed E-state index contributed by atoms with van der Waals surface area (Å²) in [5.74, 6) is -3.40. The number of rotatable bonds is 43. The number of hydrogen-bond acceptors (Lipinski definition) is 11. The number of hydrogen-bond donors (Lipinski definition) is 7. The molecule has 1 saturated carbocycles. The molecule has 1 aliphatic carbocycles. The van der Waals surface area contributed by atoms with E-state index in [0.717, 1.165) is 51.4 Å². The maximum Gasteiger partial charge on any atom is 0.326 e. The van der Waals surface area contributed by atoms with E-state index in [-0.39, 0.29) is 114 Å². The van der Waals surface area contributed by atoms with E-state index in [4.69, 9.17) is 29.8 Å². The molecule has 0 spiro atoms. The van der Waals surface area contributed by atoms with Gasteiger partial charge in [-0.2, -0.15) is 0 Å². The molecule has 0 aromatic heterocycles. The molecular formula is C45H81N5O13. The van der Waals surface area contributed by atoms with Crippen LogP contribution in [-0.2, 0) is 52.5 Å². The van der Waals surface area contributed by atoms with Crippen LogP contribution in [0.3, 0.4) is 0 Å². The summed E-state index contributed by atoms with van der Waals surface area (Å²) in [6.45, 7) is 2.06. The van der Waals surface area contributed by atoms with Crippen LogP contribution in [0.5, 0.6) is 0 Å². The minimum Gasteiger partial charge on any atom is -0.481 e. The van der Waals surface area contributed by atoms with Gasteiger partial charge in [-0.05, 0) is 50.9 Å². The number of ether oxygens (including phenoxy) is 4. The van der Waals surface area contributed by atoms with Gasteiger partial charge in [0.25, 0.3) is 0 Å². The van der Waals surface area contributed by atoms with E-state index < -0.39 is 23.9 Å². The lowest BCUT2D eigenvalue weighted by atomic mass is 9.81. The number of unbranched alkanes of at least 4 members (excludes halogenated alkanes) is 15. The van der Waals surface area contributed by atoms with Crippen LogP contribution < -0.4 is 27.0 Å². The third-order valence-corrected chi connectivity index (χ3v) is 11.0. The summed E-state index contributed by atoms with van der Waals surface area (Å²) < 4.78 is 20.8. The monoisotopic (exact) mass is 900 g/mol. The van der Waals surface area contributed by atoms with E-state index in [1.165, 1.54) is 64.2 Å². The Labute approximate surface area is 375 Å². The molecule has 8 N–H and O–H groups in total. The molecule has 1 fully saturated rings. The molecule has 1 aliphatic rings. The predicted octanol–water partition coefficient (Wildman–Crippen LogP) is 4.15. The molecule has 0 aromatic rings. The average Bonchev–Trinajstić information content (AvgIpc) is 3.25. The lowest BCUT2D eigenvalue weighted by Gasteiger charge is -2.28. The van der Waals surface area contributed by atoms with Crippen LogP contribution in [0.2, 0.25) is 0 Å². The molecule has 0 saturated heterocycles. The second kappa shape index (κ2) is 39.7. The largest absolute Gasteiger partial charge is 0.481 e. The Kier molecular flexibility index (Phi) is 36.0. The zero-order valence-electron chi connectivity index (χ0n) is 37.9. The van der Waals surface area contributed by atoms with Gasteiger partial charge < -0.3 is 56.2 Å². The summed E-state index contributed by atoms with van der Waals surface area (Å²) >= 11 is 0. The Balaban J connectivity index is 2.00. The van der Waals surface area contributed by atoms with Crippen molar-refractivity contribution >= 4 is 41.5 Å². The number of carboxylic acids is 2. The van der Waals surface area contributed by atoms with Gasteiger partial charge in [-0.15, -0.1) is 0 Å². The standard InChI is InChI=1S/C45H81N5O13/c46-39(51)34-62-31-29-61-28-26-48-42(54)35-63-32-30-60-27-25-47-41(53)24-23-38(45(58)59)50-44(57)37-21-19-36(20-22-37)33-49-40(52)17-15-13-11-9-7-5-3-1-2-4-6-8-10-12-14-16-18-43(55)56/h36-38H,1-35H2,(H2,46,51)(H,47,53)(H,48,54)(H,49,52)(H,50,57)(H,55,56)(H,58,59)/t36-,37-,38-/m0/s1. The lowest BCUT2D eigenvalue weighted by Crippen LogP contribution is -2.45. The number of carboxylic acid groups (broad SMARTS) is 2. The minimum atomic E-state index is -1.20. The van der Waals surface area contributed by atoms with Crippen molar-refractivity contribution in [1.29, 1.82) is 0 Å². The highest BCUT2D eigenvalue weighted by molar-refractivity contribution is 5.85. The molecule has 0 bridgehead atoms. The third kappa shape index (κ3) is 36.2. The van der Waals surface area contributed by atoms with Crippen molar-refractivity contribution in [3.63, 3.8) is 0 Å². The first-order chi connectivity index (χ1) is 30.5. The molecule has 0 aliphatic heterocycles. The first-order valence-corrected chi connectivity index (χ1v) is 23.6. The Morgan fingerprint density at radius 1 is 0.508 bits per heavy atom. The van der Waals surface area contributed by atoms with E-state index in [9.17, 15) is 38.7 Å². The van der Waals surface area contributed by atoms with Gasteiger partial charge in [0.2, 0.25) is 29.5 Å². The quantitative estimate of drug-likeness (QED) is 0.0425. The van der Waals surface area contributed by atoms with Crippen molar-refractivity contribution in [1.82, 2.24) is 21.3 Å². The van der Waals surface area contributed by atoms with Gasteiger partial charge in [-0.3, -0.25) is 28.8 Å². The molecule has 18 nitrogen and oxygen atoms in total. The summed E-state index contributed by atoms with van der Waals surface area (Å²) in [5, 5.41) is 29.3. The summed E-state index contributed by atoms with van der Waals surface area (Å²) in [5.41, 5.74) is 4.95. The molecule has 1 atom stereocenters. The van der Waals surface area contributed by atoms with E-state index in [0.29, 0.717) is 32.2 Å². The van der Waals surface area contributed by atoms with Crippen molar-refractivity contribution in [2.45, 2.75) is 160 Å². The zero-order valence-corrected chi connectivity index (χ0v) is 37.9. The van der Waals surface area contributed by atoms with Crippen LogP contribution in [0.15, 0.2) is 0 Å². The van der Waals surface area contributed by atoms with E-state index in [2.05, 4.69) is 21.3 Å². The molecular weight excluding hydrogens is 819 g/mol. The van der Waals surface area contributed by atoms with Crippen LogP contribution in [0.1, 0.15) is 154 Å². The second-order valence-electron chi connectivity index (χ2n) is 16.5. The number of amides is 5. The average molecular weight is 900 g/mol. The minimum absolute atomic E-state index is 0.0497. The number of primary amides is 1. The lowest BCUT2D eigenvalue weighted by molar-refractivity contribution is -0.143. The van der Waals surface area contributed by atoms with E-state index >= 15 is 0 Å². The van der Waals surface area contributed by atoms with Crippen molar-refractivity contribution in [3.05, 3.63) is 0 Å². The van der Waals surface area contributed by atoms with Gasteiger partial charge in [0.15, 0.2) is 0 Å². The molecule has 0 unspecified atom stereocenters. The first kappa shape index (κ1) is 57.1. The highest BCUT2D eigenvalue weighted by atomic mass is 16.5. The number of carbonyl (C=O) groups excluding carboxylic acids is 5. The highest BCUT2D eigenvalue weighted by Crippen LogP contribution is 2.29. The summed E-state index contributed by atoms with van der Waals surface area (Å²) in [6, 6.07) is -1.18. The molecule has 18 heteroatoms. The van der Waals surface area contributed by atoms with Crippen LogP contribution in [0, 0.1) is 11.8 Å². The number of nitrogens with one attached hydrogen (secondary N) is 4. The molecule has 0 aromatic carbocycles. The van der Waals surface area contributed by atoms with Crippen molar-refractivity contribution < 1.29 is 62.7 Å². The van der Waals surface area contributed by atoms with Crippen LogP contribution in [-0.4, -0.2) is 130 Å². The maximum absolute atomic E-state index is 12.9. The summed E-state index contributed by atoms with van der Waals surface area (Å²) in [6.07, 6.45) is 22.2. The number of carbonyl (C=O) groups is 7. The molecule has 364 valence electrons. The van der Waals surface area contributed by atoms with Gasteiger partial charge in [0, 0.05) is 44.8 Å². The Hall–Kier alpha value is -3.87.